The molecule has 2 heterocycles. The van der Waals surface area contributed by atoms with Crippen molar-refractivity contribution in [3.63, 3.8) is 0 Å². The number of nitrogen functional groups attached to an aromatic ring is 1. The molecule has 4 nitrogen and oxygen atoms in total. The number of hydrogen-bond donors (Lipinski definition) is 1. The van der Waals surface area contributed by atoms with Crippen molar-refractivity contribution in [3.05, 3.63) is 46.1 Å². The Morgan fingerprint density at radius 3 is 2.95 bits per heavy atom. The van der Waals surface area contributed by atoms with E-state index in [1.165, 1.54) is 0 Å². The van der Waals surface area contributed by atoms with E-state index in [2.05, 4.69) is 26.1 Å². The van der Waals surface area contributed by atoms with Crippen molar-refractivity contribution in [2.24, 2.45) is 0 Å². The number of benzene rings is 1. The molecule has 0 saturated heterocycles. The molecule has 20 heavy (non-hydrogen) atoms. The molecule has 2 aromatic heterocycles. The Hall–Kier alpha value is -1.31. The van der Waals surface area contributed by atoms with Gasteiger partial charge in [-0.1, -0.05) is 6.07 Å². The standard InChI is InChI=1S/C13H10BrN3OS2/c14-9-6-8(15)3-4-10(9)20-7-12-16-17-13(18-12)11-2-1-5-19-11/h1-6H,7,15H2. The summed E-state index contributed by atoms with van der Waals surface area (Å²) in [6, 6.07) is 9.65. The topological polar surface area (TPSA) is 64.9 Å². The molecule has 0 fully saturated rings. The Labute approximate surface area is 132 Å². The third-order valence-corrected chi connectivity index (χ3v) is 5.34. The summed E-state index contributed by atoms with van der Waals surface area (Å²) in [5.74, 6) is 1.81. The van der Waals surface area contributed by atoms with Crippen LogP contribution in [0.1, 0.15) is 5.89 Å². The van der Waals surface area contributed by atoms with Gasteiger partial charge in [-0.05, 0) is 45.6 Å². The summed E-state index contributed by atoms with van der Waals surface area (Å²) >= 11 is 6.70. The zero-order valence-electron chi connectivity index (χ0n) is 10.2. The van der Waals surface area contributed by atoms with Crippen LogP contribution in [0.3, 0.4) is 0 Å². The second kappa shape index (κ2) is 5.99. The highest BCUT2D eigenvalue weighted by Crippen LogP contribution is 2.32. The van der Waals surface area contributed by atoms with Gasteiger partial charge in [-0.25, -0.2) is 0 Å². The van der Waals surface area contributed by atoms with Crippen molar-refractivity contribution in [2.75, 3.05) is 5.73 Å². The van der Waals surface area contributed by atoms with Gasteiger partial charge in [-0.15, -0.1) is 33.3 Å². The van der Waals surface area contributed by atoms with E-state index in [0.29, 0.717) is 17.5 Å². The van der Waals surface area contributed by atoms with Crippen LogP contribution in [0.2, 0.25) is 0 Å². The summed E-state index contributed by atoms with van der Waals surface area (Å²) in [6.45, 7) is 0. The van der Waals surface area contributed by atoms with Crippen LogP contribution < -0.4 is 5.73 Å². The van der Waals surface area contributed by atoms with E-state index in [1.54, 1.807) is 23.1 Å². The number of halogens is 1. The van der Waals surface area contributed by atoms with E-state index >= 15 is 0 Å². The van der Waals surface area contributed by atoms with Crippen molar-refractivity contribution in [3.8, 4) is 10.8 Å². The number of aromatic nitrogens is 2. The van der Waals surface area contributed by atoms with Gasteiger partial charge in [0.05, 0.1) is 10.6 Å². The lowest BCUT2D eigenvalue weighted by atomic mass is 10.3. The normalized spacial score (nSPS) is 10.8. The van der Waals surface area contributed by atoms with Crippen molar-refractivity contribution in [1.29, 1.82) is 0 Å². The third-order valence-electron chi connectivity index (χ3n) is 2.51. The molecule has 2 N–H and O–H groups in total. The summed E-state index contributed by atoms with van der Waals surface area (Å²) in [4.78, 5) is 2.08. The smallest absolute Gasteiger partial charge is 0.257 e. The van der Waals surface area contributed by atoms with Gasteiger partial charge in [0.15, 0.2) is 0 Å². The van der Waals surface area contributed by atoms with E-state index in [4.69, 9.17) is 10.2 Å². The van der Waals surface area contributed by atoms with Crippen LogP contribution in [0.4, 0.5) is 5.69 Å². The summed E-state index contributed by atoms with van der Waals surface area (Å²) < 4.78 is 6.61. The first-order valence-corrected chi connectivity index (χ1v) is 8.42. The monoisotopic (exact) mass is 367 g/mol. The molecule has 0 bridgehead atoms. The molecule has 7 heteroatoms. The molecular weight excluding hydrogens is 358 g/mol. The van der Waals surface area contributed by atoms with E-state index in [1.807, 2.05) is 35.7 Å². The highest BCUT2D eigenvalue weighted by Gasteiger charge is 2.10. The summed E-state index contributed by atoms with van der Waals surface area (Å²) in [5, 5.41) is 10.1. The predicted molar refractivity (Wildman–Crippen MR) is 85.7 cm³/mol. The molecule has 0 unspecified atom stereocenters. The number of rotatable bonds is 4. The Kier molecular flexibility index (Phi) is 4.09. The van der Waals surface area contributed by atoms with Crippen LogP contribution in [-0.2, 0) is 5.75 Å². The summed E-state index contributed by atoms with van der Waals surface area (Å²) in [7, 11) is 0. The third kappa shape index (κ3) is 3.05. The first-order valence-electron chi connectivity index (χ1n) is 5.76. The fourth-order valence-corrected chi connectivity index (χ4v) is 3.73. The van der Waals surface area contributed by atoms with Gasteiger partial charge < -0.3 is 10.2 Å². The average Bonchev–Trinajstić information content (AvgIpc) is 3.08. The van der Waals surface area contributed by atoms with Crippen LogP contribution in [0.25, 0.3) is 10.8 Å². The fraction of sp³-hybridized carbons (Fsp3) is 0.0769. The molecule has 102 valence electrons. The van der Waals surface area contributed by atoms with E-state index in [-0.39, 0.29) is 0 Å². The molecular formula is C13H10BrN3OS2. The molecule has 1 aromatic carbocycles. The maximum absolute atomic E-state index is 5.71. The molecule has 0 radical (unpaired) electrons. The average molecular weight is 368 g/mol. The van der Waals surface area contributed by atoms with Crippen molar-refractivity contribution in [2.45, 2.75) is 10.6 Å². The molecule has 0 aliphatic rings. The van der Waals surface area contributed by atoms with Gasteiger partial charge in [-0.3, -0.25) is 0 Å². The maximum Gasteiger partial charge on any atom is 0.257 e. The Morgan fingerprint density at radius 2 is 2.20 bits per heavy atom. The van der Waals surface area contributed by atoms with Gasteiger partial charge in [0, 0.05) is 15.1 Å². The van der Waals surface area contributed by atoms with Crippen molar-refractivity contribution in [1.82, 2.24) is 10.2 Å². The van der Waals surface area contributed by atoms with Crippen LogP contribution in [-0.4, -0.2) is 10.2 Å². The van der Waals surface area contributed by atoms with E-state index < -0.39 is 0 Å². The summed E-state index contributed by atoms with van der Waals surface area (Å²) in [6.07, 6.45) is 0. The minimum Gasteiger partial charge on any atom is -0.419 e. The van der Waals surface area contributed by atoms with Crippen molar-refractivity contribution < 1.29 is 4.42 Å². The summed E-state index contributed by atoms with van der Waals surface area (Å²) in [5.41, 5.74) is 6.45. The first kappa shape index (κ1) is 13.7. The van der Waals surface area contributed by atoms with Crippen molar-refractivity contribution >= 4 is 44.7 Å². The van der Waals surface area contributed by atoms with E-state index in [9.17, 15) is 0 Å². The van der Waals surface area contributed by atoms with Crippen LogP contribution >= 0.6 is 39.0 Å². The second-order valence-electron chi connectivity index (χ2n) is 3.96. The number of nitrogens with zero attached hydrogens (tertiary/aromatic N) is 2. The van der Waals surface area contributed by atoms with Crippen LogP contribution in [0.5, 0.6) is 0 Å². The number of thiophene rings is 1. The lowest BCUT2D eigenvalue weighted by molar-refractivity contribution is 0.529. The number of nitrogens with two attached hydrogens (primary N) is 1. The van der Waals surface area contributed by atoms with Gasteiger partial charge in [0.25, 0.3) is 5.89 Å². The largest absolute Gasteiger partial charge is 0.419 e. The molecule has 0 atom stereocenters. The Bertz CT molecular complexity index is 712. The zero-order chi connectivity index (χ0) is 13.9. The molecule has 3 rings (SSSR count). The predicted octanol–water partition coefficient (Wildman–Crippen LogP) is 4.44. The lowest BCUT2D eigenvalue weighted by Crippen LogP contribution is -1.86. The molecule has 0 aliphatic carbocycles. The molecule has 0 aliphatic heterocycles. The molecule has 0 saturated carbocycles. The van der Waals surface area contributed by atoms with Gasteiger partial charge >= 0.3 is 0 Å². The highest BCUT2D eigenvalue weighted by molar-refractivity contribution is 9.10. The maximum atomic E-state index is 5.71. The minimum atomic E-state index is 0.576. The number of anilines is 1. The van der Waals surface area contributed by atoms with E-state index in [0.717, 1.165) is 19.9 Å². The van der Waals surface area contributed by atoms with Gasteiger partial charge in [0.1, 0.15) is 0 Å². The Balaban J connectivity index is 1.70. The Morgan fingerprint density at radius 1 is 1.30 bits per heavy atom. The SMILES string of the molecule is Nc1ccc(SCc2nnc(-c3cccs3)o2)c(Br)c1. The molecule has 0 amide bonds. The second-order valence-corrected chi connectivity index (χ2v) is 6.78. The zero-order valence-corrected chi connectivity index (χ0v) is 13.5. The van der Waals surface area contributed by atoms with Crippen LogP contribution in [0.15, 0.2) is 49.5 Å². The first-order chi connectivity index (χ1) is 9.72. The molecule has 3 aromatic rings. The quantitative estimate of drug-likeness (QED) is 0.545. The molecule has 0 spiro atoms. The number of hydrogen-bond acceptors (Lipinski definition) is 6. The fourth-order valence-electron chi connectivity index (χ4n) is 1.59. The lowest BCUT2D eigenvalue weighted by Gasteiger charge is -2.03. The minimum absolute atomic E-state index is 0.576. The van der Waals surface area contributed by atoms with Gasteiger partial charge in [0.2, 0.25) is 5.89 Å². The van der Waals surface area contributed by atoms with Crippen LogP contribution in [0, 0.1) is 0 Å². The van der Waals surface area contributed by atoms with Gasteiger partial charge in [-0.2, -0.15) is 0 Å². The number of thioether (sulfide) groups is 1. The highest BCUT2D eigenvalue weighted by atomic mass is 79.9.